The molecule has 0 radical (unpaired) electrons. The summed E-state index contributed by atoms with van der Waals surface area (Å²) in [5.74, 6) is -0.187. The van der Waals surface area contributed by atoms with Crippen molar-refractivity contribution >= 4 is 23.2 Å². The van der Waals surface area contributed by atoms with Crippen molar-refractivity contribution in [3.05, 3.63) is 40.1 Å². The van der Waals surface area contributed by atoms with Crippen LogP contribution in [-0.2, 0) is 0 Å². The lowest BCUT2D eigenvalue weighted by Crippen LogP contribution is -1.99. The molecule has 1 rings (SSSR count). The van der Waals surface area contributed by atoms with E-state index in [2.05, 4.69) is 0 Å². The SMILES string of the molecule is Cc1cccc(OC/C(Cl)=C/Cl)c1F. The summed E-state index contributed by atoms with van der Waals surface area (Å²) >= 11 is 10.9. The topological polar surface area (TPSA) is 9.23 Å². The Kier molecular flexibility index (Phi) is 4.23. The van der Waals surface area contributed by atoms with E-state index >= 15 is 0 Å². The molecule has 0 amide bonds. The van der Waals surface area contributed by atoms with Crippen molar-refractivity contribution in [2.45, 2.75) is 6.92 Å². The summed E-state index contributed by atoms with van der Waals surface area (Å²) in [7, 11) is 0. The fourth-order valence-electron chi connectivity index (χ4n) is 0.910. The largest absolute Gasteiger partial charge is 0.485 e. The third-order valence-electron chi connectivity index (χ3n) is 1.64. The Balaban J connectivity index is 2.73. The van der Waals surface area contributed by atoms with Gasteiger partial charge in [0.1, 0.15) is 6.61 Å². The summed E-state index contributed by atoms with van der Waals surface area (Å²) in [6.07, 6.45) is 0. The number of hydrogen-bond donors (Lipinski definition) is 0. The Morgan fingerprint density at radius 1 is 1.57 bits per heavy atom. The van der Waals surface area contributed by atoms with Gasteiger partial charge in [0.25, 0.3) is 0 Å². The van der Waals surface area contributed by atoms with Gasteiger partial charge in [-0.3, -0.25) is 0 Å². The minimum absolute atomic E-state index is 0.0748. The second kappa shape index (κ2) is 5.23. The van der Waals surface area contributed by atoms with Gasteiger partial charge in [-0.05, 0) is 18.6 Å². The molecule has 0 atom stereocenters. The quantitative estimate of drug-likeness (QED) is 0.773. The number of benzene rings is 1. The second-order valence-corrected chi connectivity index (χ2v) is 3.44. The Bertz CT molecular complexity index is 350. The fourth-order valence-corrected chi connectivity index (χ4v) is 1.03. The molecular weight excluding hydrogens is 226 g/mol. The molecule has 0 spiro atoms. The number of halogens is 3. The Morgan fingerprint density at radius 3 is 2.93 bits per heavy atom. The van der Waals surface area contributed by atoms with Crippen molar-refractivity contribution in [1.29, 1.82) is 0 Å². The predicted molar refractivity (Wildman–Crippen MR) is 56.4 cm³/mol. The lowest BCUT2D eigenvalue weighted by atomic mass is 10.2. The van der Waals surface area contributed by atoms with Gasteiger partial charge in [0.05, 0.1) is 5.03 Å². The first-order valence-electron chi connectivity index (χ1n) is 3.98. The molecule has 0 saturated heterocycles. The molecule has 0 saturated carbocycles. The highest BCUT2D eigenvalue weighted by Crippen LogP contribution is 2.20. The highest BCUT2D eigenvalue weighted by Gasteiger charge is 2.05. The van der Waals surface area contributed by atoms with E-state index in [-0.39, 0.29) is 18.2 Å². The first-order chi connectivity index (χ1) is 6.65. The maximum Gasteiger partial charge on any atom is 0.167 e. The van der Waals surface area contributed by atoms with Crippen LogP contribution in [0.15, 0.2) is 28.8 Å². The third kappa shape index (κ3) is 2.89. The zero-order valence-corrected chi connectivity index (χ0v) is 9.07. The molecule has 0 aliphatic carbocycles. The molecule has 1 aromatic carbocycles. The van der Waals surface area contributed by atoms with E-state index in [1.807, 2.05) is 0 Å². The number of rotatable bonds is 3. The molecule has 14 heavy (non-hydrogen) atoms. The molecule has 0 unspecified atom stereocenters. The van der Waals surface area contributed by atoms with E-state index in [1.165, 1.54) is 5.54 Å². The van der Waals surface area contributed by atoms with Crippen LogP contribution in [0.1, 0.15) is 5.56 Å². The summed E-state index contributed by atoms with van der Waals surface area (Å²) in [6.45, 7) is 1.74. The zero-order chi connectivity index (χ0) is 10.6. The van der Waals surface area contributed by atoms with Crippen molar-refractivity contribution < 1.29 is 9.13 Å². The maximum absolute atomic E-state index is 13.3. The van der Waals surface area contributed by atoms with Gasteiger partial charge in [-0.15, -0.1) is 0 Å². The van der Waals surface area contributed by atoms with Crippen LogP contribution in [0, 0.1) is 12.7 Å². The molecule has 0 fully saturated rings. The summed E-state index contributed by atoms with van der Waals surface area (Å²) in [5, 5.41) is 0.326. The average molecular weight is 235 g/mol. The molecule has 0 aliphatic heterocycles. The van der Waals surface area contributed by atoms with Crippen LogP contribution in [-0.4, -0.2) is 6.61 Å². The minimum Gasteiger partial charge on any atom is -0.485 e. The molecule has 0 aromatic heterocycles. The summed E-state index contributed by atoms with van der Waals surface area (Å²) in [5.41, 5.74) is 1.73. The van der Waals surface area contributed by atoms with Crippen molar-refractivity contribution in [1.82, 2.24) is 0 Å². The number of aryl methyl sites for hydroxylation is 1. The van der Waals surface area contributed by atoms with Gasteiger partial charge in [0, 0.05) is 5.54 Å². The maximum atomic E-state index is 13.3. The van der Waals surface area contributed by atoms with E-state index in [0.29, 0.717) is 10.6 Å². The smallest absolute Gasteiger partial charge is 0.167 e. The molecule has 0 bridgehead atoms. The number of hydrogen-bond acceptors (Lipinski definition) is 1. The average Bonchev–Trinajstić information content (AvgIpc) is 2.20. The van der Waals surface area contributed by atoms with Gasteiger partial charge in [-0.25, -0.2) is 4.39 Å². The van der Waals surface area contributed by atoms with Gasteiger partial charge in [0.15, 0.2) is 11.6 Å². The zero-order valence-electron chi connectivity index (χ0n) is 7.56. The number of ether oxygens (including phenoxy) is 1. The van der Waals surface area contributed by atoms with Gasteiger partial charge in [0.2, 0.25) is 0 Å². The molecule has 1 aromatic rings. The summed E-state index contributed by atoms with van der Waals surface area (Å²) in [4.78, 5) is 0. The Morgan fingerprint density at radius 2 is 2.29 bits per heavy atom. The van der Waals surface area contributed by atoms with E-state index in [9.17, 15) is 4.39 Å². The predicted octanol–water partition coefficient (Wildman–Crippen LogP) is 3.83. The van der Waals surface area contributed by atoms with Crippen LogP contribution in [0.3, 0.4) is 0 Å². The van der Waals surface area contributed by atoms with Crippen LogP contribution < -0.4 is 4.74 Å². The first-order valence-corrected chi connectivity index (χ1v) is 4.79. The van der Waals surface area contributed by atoms with E-state index in [4.69, 9.17) is 27.9 Å². The van der Waals surface area contributed by atoms with Crippen LogP contribution in [0.4, 0.5) is 4.39 Å². The molecule has 0 N–H and O–H groups in total. The van der Waals surface area contributed by atoms with Crippen molar-refractivity contribution in [2.24, 2.45) is 0 Å². The molecular formula is C10H9Cl2FO. The van der Waals surface area contributed by atoms with Crippen LogP contribution >= 0.6 is 23.2 Å². The van der Waals surface area contributed by atoms with Crippen LogP contribution in [0.2, 0.25) is 0 Å². The monoisotopic (exact) mass is 234 g/mol. The standard InChI is InChI=1S/C10H9Cl2FO/c1-7-3-2-4-9(10(7)13)14-6-8(12)5-11/h2-5H,6H2,1H3/b8-5-. The highest BCUT2D eigenvalue weighted by atomic mass is 35.5. The fraction of sp³-hybridized carbons (Fsp3) is 0.200. The molecule has 76 valence electrons. The molecule has 0 heterocycles. The van der Waals surface area contributed by atoms with Crippen molar-refractivity contribution in [3.63, 3.8) is 0 Å². The van der Waals surface area contributed by atoms with E-state index < -0.39 is 0 Å². The minimum atomic E-state index is -0.369. The van der Waals surface area contributed by atoms with Crippen LogP contribution in [0.25, 0.3) is 0 Å². The molecule has 1 nitrogen and oxygen atoms in total. The Hall–Kier alpha value is -0.730. The summed E-state index contributed by atoms with van der Waals surface area (Å²) in [6, 6.07) is 4.92. The lowest BCUT2D eigenvalue weighted by molar-refractivity contribution is 0.337. The molecule has 4 heteroatoms. The Labute approximate surface area is 92.1 Å². The van der Waals surface area contributed by atoms with E-state index in [1.54, 1.807) is 25.1 Å². The normalized spacial score (nSPS) is 11.6. The lowest BCUT2D eigenvalue weighted by Gasteiger charge is -2.07. The van der Waals surface area contributed by atoms with Gasteiger partial charge in [-0.1, -0.05) is 35.3 Å². The van der Waals surface area contributed by atoms with Crippen molar-refractivity contribution in [2.75, 3.05) is 6.61 Å². The van der Waals surface area contributed by atoms with Crippen molar-refractivity contribution in [3.8, 4) is 5.75 Å². The van der Waals surface area contributed by atoms with Gasteiger partial charge >= 0.3 is 0 Å². The third-order valence-corrected chi connectivity index (χ3v) is 2.23. The van der Waals surface area contributed by atoms with Crippen LogP contribution in [0.5, 0.6) is 5.75 Å². The summed E-state index contributed by atoms with van der Waals surface area (Å²) < 4.78 is 18.4. The van der Waals surface area contributed by atoms with Gasteiger partial charge < -0.3 is 4.74 Å². The van der Waals surface area contributed by atoms with Gasteiger partial charge in [-0.2, -0.15) is 0 Å². The highest BCUT2D eigenvalue weighted by molar-refractivity contribution is 6.36. The first kappa shape index (κ1) is 11.3. The van der Waals surface area contributed by atoms with E-state index in [0.717, 1.165) is 0 Å². The second-order valence-electron chi connectivity index (χ2n) is 2.73. The molecule has 0 aliphatic rings.